The van der Waals surface area contributed by atoms with Crippen LogP contribution in [0.1, 0.15) is 87.5 Å². The molecule has 64 heavy (non-hydrogen) atoms. The van der Waals surface area contributed by atoms with Crippen molar-refractivity contribution in [2.45, 2.75) is 154 Å². The minimum absolute atomic E-state index is 0.0403. The molecule has 13 atom stereocenters. The van der Waals surface area contributed by atoms with E-state index in [9.17, 15) is 29.1 Å². The van der Waals surface area contributed by atoms with Gasteiger partial charge in [-0.1, -0.05) is 39.0 Å². The SMILES string of the molecule is CC[C@H]1OC(=O)[C@@](C)(F)C(=O)[C@H](C)[C@@H](OC2OC(COC(C)=O)CC(N(C)C)C2O)[C@@](C)(OC)C[C@@H](C)C(=O)[C@H](C)C2N(CCCCn3cc(-c4cccc(N)n4)nn3)C(=O)O[C@@]21C. The van der Waals surface area contributed by atoms with Gasteiger partial charge in [-0.05, 0) is 79.1 Å². The Morgan fingerprint density at radius 3 is 2.38 bits per heavy atom. The van der Waals surface area contributed by atoms with Crippen LogP contribution in [-0.2, 0) is 54.1 Å². The minimum Gasteiger partial charge on any atom is -0.463 e. The molecule has 0 bridgehead atoms. The number of nitrogens with zero attached hydrogens (tertiary/aromatic N) is 6. The number of aliphatic hydroxyl groups is 1. The molecule has 5 rings (SSSR count). The number of cyclic esters (lactones) is 1. The number of ketones is 2. The summed E-state index contributed by atoms with van der Waals surface area (Å²) in [5.74, 6) is -6.42. The lowest BCUT2D eigenvalue weighted by Crippen LogP contribution is -2.62. The first-order valence-corrected chi connectivity index (χ1v) is 21.9. The summed E-state index contributed by atoms with van der Waals surface area (Å²) in [6.07, 6.45) is -4.02. The number of fused-ring (bicyclic) bond motifs is 1. The molecule has 3 aliphatic rings. The molecule has 3 saturated heterocycles. The number of aromatic nitrogens is 4. The standard InChI is InChI=1S/C44H66FN7O12/c1-12-32-44(8)36(52(41(58)64-44)19-14-13-18-51-22-30(48-49-51)29-16-15-17-33(46)47-29)25(3)34(54)24(2)21-42(6,59-11)38(26(4)37(56)43(7,45)40(57)62-32)63-39-35(55)31(50(9)10)20-28(61-39)23-60-27(5)53/h15-17,22,24-26,28,31-32,35-36,38-39,55H,12-14,18-21,23H2,1-11H3,(H2,46,47)/t24-,25+,26+,28?,31?,32-,35?,36?,38-,39?,42+,43+,44-/m1/s1. The van der Waals surface area contributed by atoms with Gasteiger partial charge in [0.25, 0.3) is 5.67 Å². The largest absolute Gasteiger partial charge is 0.463 e. The highest BCUT2D eigenvalue weighted by molar-refractivity contribution is 6.08. The normalized spacial score (nSPS) is 35.4. The number of carbonyl (C=O) groups is 5. The molecule has 5 heterocycles. The van der Waals surface area contributed by atoms with Crippen LogP contribution in [0.3, 0.4) is 0 Å². The smallest absolute Gasteiger partial charge is 0.410 e. The maximum Gasteiger partial charge on any atom is 0.410 e. The summed E-state index contributed by atoms with van der Waals surface area (Å²) in [5, 5.41) is 20.0. The minimum atomic E-state index is -3.26. The van der Waals surface area contributed by atoms with Gasteiger partial charge in [-0.2, -0.15) is 0 Å². The number of likely N-dealkylation sites (N-methyl/N-ethyl adjacent to an activating group) is 1. The molecule has 2 aromatic rings. The predicted molar refractivity (Wildman–Crippen MR) is 228 cm³/mol. The molecule has 0 aromatic carbocycles. The van der Waals surface area contributed by atoms with Crippen molar-refractivity contribution < 1.29 is 61.9 Å². The van der Waals surface area contributed by atoms with Crippen LogP contribution in [0.25, 0.3) is 11.4 Å². The number of aliphatic hydroxyl groups excluding tert-OH is 1. The fraction of sp³-hybridized carbons (Fsp3) is 0.727. The van der Waals surface area contributed by atoms with Gasteiger partial charge in [0.15, 0.2) is 17.7 Å². The number of hydrogen-bond acceptors (Lipinski definition) is 17. The van der Waals surface area contributed by atoms with E-state index in [1.54, 1.807) is 82.7 Å². The Bertz CT molecular complexity index is 2000. The van der Waals surface area contributed by atoms with Crippen molar-refractivity contribution in [2.24, 2.45) is 17.8 Å². The van der Waals surface area contributed by atoms with Crippen molar-refractivity contribution in [3.63, 3.8) is 0 Å². The number of methoxy groups -OCH3 is 1. The topological polar surface area (TPSA) is 237 Å². The Kier molecular flexibility index (Phi) is 15.9. The first-order valence-electron chi connectivity index (χ1n) is 21.9. The van der Waals surface area contributed by atoms with Crippen molar-refractivity contribution in [1.29, 1.82) is 0 Å². The van der Waals surface area contributed by atoms with Crippen molar-refractivity contribution >= 4 is 35.4 Å². The van der Waals surface area contributed by atoms with Crippen LogP contribution >= 0.6 is 0 Å². The van der Waals surface area contributed by atoms with E-state index in [-0.39, 0.29) is 38.2 Å². The molecule has 20 heteroatoms. The number of hydrogen-bond donors (Lipinski definition) is 2. The molecule has 3 fully saturated rings. The summed E-state index contributed by atoms with van der Waals surface area (Å²) < 4.78 is 54.6. The average molecular weight is 904 g/mol. The lowest BCUT2D eigenvalue weighted by Gasteiger charge is -2.47. The van der Waals surface area contributed by atoms with E-state index in [1.165, 1.54) is 25.9 Å². The zero-order chi connectivity index (χ0) is 47.5. The van der Waals surface area contributed by atoms with Gasteiger partial charge in [-0.15, -0.1) is 5.10 Å². The second-order valence-electron chi connectivity index (χ2n) is 18.2. The number of ether oxygens (including phenoxy) is 6. The van der Waals surface area contributed by atoms with E-state index in [1.807, 2.05) is 0 Å². The molecule has 1 amide bonds. The van der Waals surface area contributed by atoms with E-state index in [0.717, 1.165) is 6.92 Å². The van der Waals surface area contributed by atoms with Crippen LogP contribution in [0, 0.1) is 17.8 Å². The van der Waals surface area contributed by atoms with Gasteiger partial charge in [-0.25, -0.2) is 19.0 Å². The van der Waals surface area contributed by atoms with Crippen molar-refractivity contribution in [2.75, 3.05) is 40.1 Å². The number of esters is 2. The first kappa shape index (κ1) is 50.4. The second kappa shape index (κ2) is 20.3. The van der Waals surface area contributed by atoms with Crippen molar-refractivity contribution in [1.82, 2.24) is 29.8 Å². The maximum absolute atomic E-state index is 17.0. The van der Waals surface area contributed by atoms with Gasteiger partial charge < -0.3 is 49.1 Å². The van der Waals surface area contributed by atoms with Crippen LogP contribution in [0.15, 0.2) is 24.4 Å². The fourth-order valence-corrected chi connectivity index (χ4v) is 9.60. The molecule has 0 aliphatic carbocycles. The number of Topliss-reactive ketones (excluding diaryl/α,β-unsaturated/α-hetero) is 2. The highest BCUT2D eigenvalue weighted by atomic mass is 19.1. The van der Waals surface area contributed by atoms with E-state index in [0.29, 0.717) is 36.6 Å². The highest BCUT2D eigenvalue weighted by Gasteiger charge is 2.61. The number of alkyl halides is 1. The Hall–Kier alpha value is -4.63. The summed E-state index contributed by atoms with van der Waals surface area (Å²) in [5.41, 5.74) is 0.482. The van der Waals surface area contributed by atoms with E-state index in [4.69, 9.17) is 34.2 Å². The Labute approximate surface area is 373 Å². The number of nitrogens with two attached hydrogens (primary N) is 1. The molecule has 19 nitrogen and oxygen atoms in total. The van der Waals surface area contributed by atoms with Gasteiger partial charge in [-0.3, -0.25) is 19.1 Å². The number of halogens is 1. The number of nitrogen functional groups attached to an aromatic ring is 1. The average Bonchev–Trinajstić information content (AvgIpc) is 3.82. The molecular formula is C44H66FN7O12. The number of carbonyl (C=O) groups excluding carboxylic acids is 5. The molecule has 0 radical (unpaired) electrons. The lowest BCUT2D eigenvalue weighted by atomic mass is 9.73. The number of rotatable bonds is 13. The summed E-state index contributed by atoms with van der Waals surface area (Å²) in [4.78, 5) is 76.3. The van der Waals surface area contributed by atoms with Crippen molar-refractivity contribution in [3.05, 3.63) is 24.4 Å². The van der Waals surface area contributed by atoms with Crippen LogP contribution in [0.5, 0.6) is 0 Å². The predicted octanol–water partition coefficient (Wildman–Crippen LogP) is 3.54. The first-order chi connectivity index (χ1) is 30.0. The van der Waals surface area contributed by atoms with Crippen LogP contribution < -0.4 is 5.73 Å². The van der Waals surface area contributed by atoms with Gasteiger partial charge in [0.1, 0.15) is 36.1 Å². The van der Waals surface area contributed by atoms with Crippen LogP contribution in [0.4, 0.5) is 15.0 Å². The number of anilines is 1. The van der Waals surface area contributed by atoms with Crippen LogP contribution in [0.2, 0.25) is 0 Å². The third-order valence-electron chi connectivity index (χ3n) is 13.2. The zero-order valence-corrected chi connectivity index (χ0v) is 38.8. The number of aryl methyl sites for hydroxylation is 1. The summed E-state index contributed by atoms with van der Waals surface area (Å²) in [6, 6.07) is 3.66. The summed E-state index contributed by atoms with van der Waals surface area (Å²) >= 11 is 0. The lowest BCUT2D eigenvalue weighted by molar-refractivity contribution is -0.301. The number of pyridine rings is 1. The van der Waals surface area contributed by atoms with E-state index < -0.39 is 101 Å². The second-order valence-corrected chi connectivity index (χ2v) is 18.2. The molecule has 0 saturated carbocycles. The monoisotopic (exact) mass is 903 g/mol. The molecule has 0 spiro atoms. The van der Waals surface area contributed by atoms with Gasteiger partial charge in [0.05, 0.1) is 35.7 Å². The van der Waals surface area contributed by atoms with Crippen molar-refractivity contribution in [3.8, 4) is 11.4 Å². The molecule has 3 N–H and O–H groups in total. The van der Waals surface area contributed by atoms with E-state index >= 15 is 4.39 Å². The third-order valence-corrected chi connectivity index (χ3v) is 13.2. The molecule has 356 valence electrons. The fourth-order valence-electron chi connectivity index (χ4n) is 9.60. The molecule has 3 aliphatic heterocycles. The van der Waals surface area contributed by atoms with Gasteiger partial charge >= 0.3 is 18.0 Å². The summed E-state index contributed by atoms with van der Waals surface area (Å²) in [6.45, 7) is 12.1. The number of unbranched alkanes of at least 4 members (excludes halogenated alkanes) is 1. The Balaban J connectivity index is 1.46. The third kappa shape index (κ3) is 10.6. The maximum atomic E-state index is 17.0. The Morgan fingerprint density at radius 2 is 1.75 bits per heavy atom. The van der Waals surface area contributed by atoms with Crippen LogP contribution in [-0.4, -0.2) is 158 Å². The molecular weight excluding hydrogens is 838 g/mol. The molecule has 5 unspecified atom stereocenters. The molecule has 2 aromatic heterocycles. The summed E-state index contributed by atoms with van der Waals surface area (Å²) in [7, 11) is 4.84. The Morgan fingerprint density at radius 1 is 1.06 bits per heavy atom. The zero-order valence-electron chi connectivity index (χ0n) is 38.8. The van der Waals surface area contributed by atoms with Gasteiger partial charge in [0, 0.05) is 50.9 Å². The quantitative estimate of drug-likeness (QED) is 0.127. The number of amides is 1. The van der Waals surface area contributed by atoms with E-state index in [2.05, 4.69) is 15.3 Å². The van der Waals surface area contributed by atoms with Gasteiger partial charge in [0.2, 0.25) is 0 Å². The highest BCUT2D eigenvalue weighted by Crippen LogP contribution is 2.44.